The van der Waals surface area contributed by atoms with Crippen molar-refractivity contribution in [3.05, 3.63) is 83.9 Å². The van der Waals surface area contributed by atoms with Crippen molar-refractivity contribution in [1.29, 1.82) is 0 Å². The molecule has 142 valence electrons. The van der Waals surface area contributed by atoms with Crippen LogP contribution in [0.25, 0.3) is 0 Å². The molecule has 0 heterocycles. The number of ether oxygens (including phenoxy) is 2. The van der Waals surface area contributed by atoms with Gasteiger partial charge in [0.1, 0.15) is 0 Å². The van der Waals surface area contributed by atoms with Gasteiger partial charge in [-0.2, -0.15) is 0 Å². The van der Waals surface area contributed by atoms with Crippen molar-refractivity contribution in [2.75, 3.05) is 14.2 Å². The van der Waals surface area contributed by atoms with Crippen molar-refractivity contribution >= 4 is 11.9 Å². The van der Waals surface area contributed by atoms with Gasteiger partial charge in [0.15, 0.2) is 0 Å². The van der Waals surface area contributed by atoms with Crippen LogP contribution in [0.1, 0.15) is 17.5 Å². The zero-order chi connectivity index (χ0) is 19.6. The Bertz CT molecular complexity index is 752. The van der Waals surface area contributed by atoms with Crippen LogP contribution >= 0.6 is 0 Å². The summed E-state index contributed by atoms with van der Waals surface area (Å²) in [5, 5.41) is 0. The molecule has 0 aliphatic heterocycles. The molecule has 0 aliphatic rings. The maximum absolute atomic E-state index is 12.3. The number of hydrogen-bond donors (Lipinski definition) is 0. The van der Waals surface area contributed by atoms with Gasteiger partial charge in [-0.1, -0.05) is 72.8 Å². The first-order valence-corrected chi connectivity index (χ1v) is 8.96. The Kier molecular flexibility index (Phi) is 7.80. The summed E-state index contributed by atoms with van der Waals surface area (Å²) in [6.45, 7) is 4.11. The van der Waals surface area contributed by atoms with Gasteiger partial charge in [0.25, 0.3) is 0 Å². The highest BCUT2D eigenvalue weighted by Gasteiger charge is 2.28. The SMILES string of the molecule is C=C(C[C@@H](Cc1ccccc1)C(=O)OC)[C@H](Cc1ccccc1)C(=O)OC. The molecule has 0 amide bonds. The average molecular weight is 366 g/mol. The minimum atomic E-state index is -0.500. The maximum Gasteiger partial charge on any atom is 0.313 e. The molecule has 27 heavy (non-hydrogen) atoms. The first-order chi connectivity index (χ1) is 13.0. The van der Waals surface area contributed by atoms with E-state index in [-0.39, 0.29) is 11.9 Å². The van der Waals surface area contributed by atoms with E-state index in [0.29, 0.717) is 24.8 Å². The average Bonchev–Trinajstić information content (AvgIpc) is 2.71. The number of carbonyl (C=O) groups is 2. The van der Waals surface area contributed by atoms with Gasteiger partial charge in [0.2, 0.25) is 0 Å². The molecule has 0 aromatic heterocycles. The van der Waals surface area contributed by atoms with Gasteiger partial charge in [-0.3, -0.25) is 9.59 Å². The number of carbonyl (C=O) groups excluding carboxylic acids is 2. The molecule has 2 aromatic carbocycles. The lowest BCUT2D eigenvalue weighted by atomic mass is 9.84. The van der Waals surface area contributed by atoms with Crippen LogP contribution in [-0.4, -0.2) is 26.2 Å². The van der Waals surface area contributed by atoms with Crippen molar-refractivity contribution in [3.8, 4) is 0 Å². The fourth-order valence-corrected chi connectivity index (χ4v) is 3.15. The van der Waals surface area contributed by atoms with E-state index < -0.39 is 11.8 Å². The molecular formula is C23H26O4. The van der Waals surface area contributed by atoms with Crippen LogP contribution in [0.2, 0.25) is 0 Å². The second-order valence-electron chi connectivity index (χ2n) is 6.54. The lowest BCUT2D eigenvalue weighted by Gasteiger charge is -2.21. The molecule has 2 rings (SSSR count). The first kappa shape index (κ1) is 20.4. The zero-order valence-electron chi connectivity index (χ0n) is 15.9. The molecule has 2 atom stereocenters. The van der Waals surface area contributed by atoms with E-state index in [9.17, 15) is 9.59 Å². The predicted molar refractivity (Wildman–Crippen MR) is 105 cm³/mol. The highest BCUT2D eigenvalue weighted by Crippen LogP contribution is 2.26. The van der Waals surface area contributed by atoms with E-state index in [1.165, 1.54) is 14.2 Å². The normalized spacial score (nSPS) is 12.7. The van der Waals surface area contributed by atoms with E-state index >= 15 is 0 Å². The highest BCUT2D eigenvalue weighted by molar-refractivity contribution is 5.77. The molecule has 0 unspecified atom stereocenters. The van der Waals surface area contributed by atoms with E-state index in [1.807, 2.05) is 60.7 Å². The monoisotopic (exact) mass is 366 g/mol. The summed E-state index contributed by atoms with van der Waals surface area (Å²) in [7, 11) is 2.75. The van der Waals surface area contributed by atoms with Gasteiger partial charge in [0.05, 0.1) is 26.1 Å². The maximum atomic E-state index is 12.3. The lowest BCUT2D eigenvalue weighted by molar-refractivity contribution is -0.147. The smallest absolute Gasteiger partial charge is 0.313 e. The van der Waals surface area contributed by atoms with Crippen LogP contribution in [0.3, 0.4) is 0 Å². The van der Waals surface area contributed by atoms with E-state index in [0.717, 1.165) is 11.1 Å². The summed E-state index contributed by atoms with van der Waals surface area (Å²) < 4.78 is 9.95. The predicted octanol–water partition coefficient (Wildman–Crippen LogP) is 4.00. The van der Waals surface area contributed by atoms with Crippen LogP contribution < -0.4 is 0 Å². The Morgan fingerprint density at radius 1 is 0.815 bits per heavy atom. The third kappa shape index (κ3) is 6.10. The van der Waals surface area contributed by atoms with Gasteiger partial charge < -0.3 is 9.47 Å². The molecule has 0 fully saturated rings. The zero-order valence-corrected chi connectivity index (χ0v) is 15.9. The van der Waals surface area contributed by atoms with Crippen molar-refractivity contribution in [1.82, 2.24) is 0 Å². The Labute approximate surface area is 160 Å². The number of esters is 2. The molecule has 0 aliphatic carbocycles. The Morgan fingerprint density at radius 2 is 1.30 bits per heavy atom. The number of benzene rings is 2. The third-order valence-electron chi connectivity index (χ3n) is 4.63. The summed E-state index contributed by atoms with van der Waals surface area (Å²) in [4.78, 5) is 24.6. The quantitative estimate of drug-likeness (QED) is 0.497. The van der Waals surface area contributed by atoms with Crippen LogP contribution in [0.15, 0.2) is 72.8 Å². The Morgan fingerprint density at radius 3 is 1.78 bits per heavy atom. The summed E-state index contributed by atoms with van der Waals surface area (Å²) in [5.41, 5.74) is 2.74. The Balaban J connectivity index is 2.15. The minimum Gasteiger partial charge on any atom is -0.469 e. The third-order valence-corrected chi connectivity index (χ3v) is 4.63. The number of hydrogen-bond acceptors (Lipinski definition) is 4. The first-order valence-electron chi connectivity index (χ1n) is 8.96. The Hall–Kier alpha value is -2.88. The fourth-order valence-electron chi connectivity index (χ4n) is 3.15. The molecule has 4 nitrogen and oxygen atoms in total. The molecule has 0 N–H and O–H groups in total. The molecule has 4 heteroatoms. The molecule has 0 saturated carbocycles. The minimum absolute atomic E-state index is 0.302. The van der Waals surface area contributed by atoms with Gasteiger partial charge in [-0.15, -0.1) is 0 Å². The van der Waals surface area contributed by atoms with Crippen molar-refractivity contribution < 1.29 is 19.1 Å². The van der Waals surface area contributed by atoms with Crippen LogP contribution in [0, 0.1) is 11.8 Å². The summed E-state index contributed by atoms with van der Waals surface area (Å²) >= 11 is 0. The van der Waals surface area contributed by atoms with Gasteiger partial charge >= 0.3 is 11.9 Å². The second kappa shape index (κ2) is 10.3. The highest BCUT2D eigenvalue weighted by atomic mass is 16.5. The molecular weight excluding hydrogens is 340 g/mol. The number of rotatable bonds is 9. The largest absolute Gasteiger partial charge is 0.469 e. The van der Waals surface area contributed by atoms with E-state index in [1.54, 1.807) is 0 Å². The summed E-state index contributed by atoms with van der Waals surface area (Å²) in [6.07, 6.45) is 1.39. The van der Waals surface area contributed by atoms with Gasteiger partial charge in [-0.25, -0.2) is 0 Å². The van der Waals surface area contributed by atoms with Gasteiger partial charge in [-0.05, 0) is 30.4 Å². The van der Waals surface area contributed by atoms with Crippen LogP contribution in [0.5, 0.6) is 0 Å². The van der Waals surface area contributed by atoms with Crippen LogP contribution in [-0.2, 0) is 31.9 Å². The van der Waals surface area contributed by atoms with Crippen molar-refractivity contribution in [2.24, 2.45) is 11.8 Å². The molecule has 0 bridgehead atoms. The summed E-state index contributed by atoms with van der Waals surface area (Å²) in [6, 6.07) is 19.5. The lowest BCUT2D eigenvalue weighted by Crippen LogP contribution is -2.25. The van der Waals surface area contributed by atoms with E-state index in [4.69, 9.17) is 9.47 Å². The fraction of sp³-hybridized carbons (Fsp3) is 0.304. The number of methoxy groups -OCH3 is 2. The van der Waals surface area contributed by atoms with Crippen molar-refractivity contribution in [2.45, 2.75) is 19.3 Å². The van der Waals surface area contributed by atoms with Gasteiger partial charge in [0, 0.05) is 0 Å². The summed E-state index contributed by atoms with van der Waals surface area (Å²) in [5.74, 6) is -1.54. The topological polar surface area (TPSA) is 52.6 Å². The molecule has 0 spiro atoms. The molecule has 2 aromatic rings. The standard InChI is InChI=1S/C23H26O4/c1-17(21(23(25)27-3)16-19-12-8-5-9-13-19)14-20(22(24)26-2)15-18-10-6-4-7-11-18/h4-13,20-21H,1,14-16H2,2-3H3/t20-,21-/m0/s1. The molecule has 0 radical (unpaired) electrons. The van der Waals surface area contributed by atoms with Crippen LogP contribution in [0.4, 0.5) is 0 Å². The molecule has 0 saturated heterocycles. The van der Waals surface area contributed by atoms with Crippen molar-refractivity contribution in [3.63, 3.8) is 0 Å². The second-order valence-corrected chi connectivity index (χ2v) is 6.54. The van der Waals surface area contributed by atoms with E-state index in [2.05, 4.69) is 6.58 Å².